The zero-order valence-electron chi connectivity index (χ0n) is 11.7. The van der Waals surface area contributed by atoms with Gasteiger partial charge in [0.05, 0.1) is 13.7 Å². The van der Waals surface area contributed by atoms with Gasteiger partial charge in [-0.15, -0.1) is 0 Å². The molecule has 0 amide bonds. The van der Waals surface area contributed by atoms with E-state index in [9.17, 15) is 4.79 Å². The summed E-state index contributed by atoms with van der Waals surface area (Å²) in [5.74, 6) is 0.442. The minimum absolute atomic E-state index is 0.303. The number of ether oxygens (including phenoxy) is 2. The Balaban J connectivity index is 2.37. The van der Waals surface area contributed by atoms with Crippen LogP contribution in [-0.4, -0.2) is 19.7 Å². The Morgan fingerprint density at radius 1 is 1.21 bits per heavy atom. The monoisotopic (exact) mass is 262 g/mol. The minimum Gasteiger partial charge on any atom is -0.496 e. The molecule has 0 aromatic heterocycles. The van der Waals surface area contributed by atoms with Crippen molar-refractivity contribution < 1.29 is 14.3 Å². The van der Waals surface area contributed by atoms with Crippen molar-refractivity contribution in [1.82, 2.24) is 0 Å². The van der Waals surface area contributed by atoms with Gasteiger partial charge in [0.25, 0.3) is 0 Å². The Morgan fingerprint density at radius 3 is 2.74 bits per heavy atom. The first kappa shape index (κ1) is 15.3. The molecule has 0 heterocycles. The Morgan fingerprint density at radius 2 is 2.00 bits per heavy atom. The van der Waals surface area contributed by atoms with Crippen LogP contribution in [-0.2, 0) is 9.53 Å². The molecule has 1 aromatic rings. The van der Waals surface area contributed by atoms with Crippen LogP contribution in [0.1, 0.15) is 38.2 Å². The fourth-order valence-corrected chi connectivity index (χ4v) is 1.71. The molecule has 3 heteroatoms. The van der Waals surface area contributed by atoms with Gasteiger partial charge in [-0.25, -0.2) is 4.79 Å². The number of hydrogen-bond donors (Lipinski definition) is 0. The van der Waals surface area contributed by atoms with Crippen molar-refractivity contribution in [2.45, 2.75) is 32.6 Å². The molecule has 1 aromatic carbocycles. The topological polar surface area (TPSA) is 35.5 Å². The Kier molecular flexibility index (Phi) is 7.40. The fraction of sp³-hybridized carbons (Fsp3) is 0.438. The van der Waals surface area contributed by atoms with Crippen LogP contribution in [0.5, 0.6) is 5.75 Å². The smallest absolute Gasteiger partial charge is 0.330 e. The second-order valence-electron chi connectivity index (χ2n) is 4.30. The molecule has 0 aliphatic heterocycles. The van der Waals surface area contributed by atoms with Crippen LogP contribution in [0.25, 0.3) is 6.08 Å². The predicted octanol–water partition coefficient (Wildman–Crippen LogP) is 3.83. The van der Waals surface area contributed by atoms with E-state index < -0.39 is 0 Å². The van der Waals surface area contributed by atoms with Crippen molar-refractivity contribution in [3.05, 3.63) is 35.9 Å². The quantitative estimate of drug-likeness (QED) is 0.406. The van der Waals surface area contributed by atoms with E-state index in [2.05, 4.69) is 6.92 Å². The van der Waals surface area contributed by atoms with Crippen LogP contribution in [0.3, 0.4) is 0 Å². The lowest BCUT2D eigenvalue weighted by molar-refractivity contribution is -0.137. The van der Waals surface area contributed by atoms with Gasteiger partial charge in [0.1, 0.15) is 5.75 Å². The molecule has 0 fully saturated rings. The molecule has 0 unspecified atom stereocenters. The van der Waals surface area contributed by atoms with Gasteiger partial charge in [-0.1, -0.05) is 44.4 Å². The maximum absolute atomic E-state index is 11.5. The van der Waals surface area contributed by atoms with Crippen molar-refractivity contribution in [2.75, 3.05) is 13.7 Å². The van der Waals surface area contributed by atoms with E-state index in [1.54, 1.807) is 13.2 Å². The standard InChI is InChI=1S/C16H22O3/c1-3-4-5-8-13-19-16(17)12-11-14-9-6-7-10-15(14)18-2/h6-7,9-12H,3-5,8,13H2,1-2H3/b12-11+. The number of benzene rings is 1. The third-order valence-electron chi connectivity index (χ3n) is 2.78. The highest BCUT2D eigenvalue weighted by Gasteiger charge is 2.00. The number of hydrogen-bond acceptors (Lipinski definition) is 3. The molecular formula is C16H22O3. The van der Waals surface area contributed by atoms with E-state index >= 15 is 0 Å². The molecule has 3 nitrogen and oxygen atoms in total. The van der Waals surface area contributed by atoms with Crippen LogP contribution in [0.2, 0.25) is 0 Å². The highest BCUT2D eigenvalue weighted by atomic mass is 16.5. The van der Waals surface area contributed by atoms with Gasteiger partial charge in [0, 0.05) is 11.6 Å². The molecule has 0 bridgehead atoms. The average Bonchev–Trinajstić information content (AvgIpc) is 2.45. The van der Waals surface area contributed by atoms with Gasteiger partial charge in [-0.3, -0.25) is 0 Å². The van der Waals surface area contributed by atoms with Crippen LogP contribution < -0.4 is 4.74 Å². The molecule has 0 saturated heterocycles. The summed E-state index contributed by atoms with van der Waals surface area (Å²) in [7, 11) is 1.61. The molecular weight excluding hydrogens is 240 g/mol. The Hall–Kier alpha value is -1.77. The van der Waals surface area contributed by atoms with E-state index in [-0.39, 0.29) is 5.97 Å². The van der Waals surface area contributed by atoms with Gasteiger partial charge < -0.3 is 9.47 Å². The van der Waals surface area contributed by atoms with Crippen molar-refractivity contribution in [1.29, 1.82) is 0 Å². The zero-order valence-corrected chi connectivity index (χ0v) is 11.7. The lowest BCUT2D eigenvalue weighted by Crippen LogP contribution is -2.02. The molecule has 0 aliphatic carbocycles. The molecule has 1 rings (SSSR count). The maximum atomic E-state index is 11.5. The van der Waals surface area contributed by atoms with Crippen molar-refractivity contribution in [3.8, 4) is 5.75 Å². The number of rotatable bonds is 8. The summed E-state index contributed by atoms with van der Waals surface area (Å²) in [6, 6.07) is 7.54. The first-order valence-electron chi connectivity index (χ1n) is 6.75. The summed E-state index contributed by atoms with van der Waals surface area (Å²) in [6.07, 6.45) is 7.57. The van der Waals surface area contributed by atoms with E-state index in [0.29, 0.717) is 6.61 Å². The summed E-state index contributed by atoms with van der Waals surface area (Å²) in [5.41, 5.74) is 0.868. The van der Waals surface area contributed by atoms with Crippen molar-refractivity contribution in [2.24, 2.45) is 0 Å². The lowest BCUT2D eigenvalue weighted by Gasteiger charge is -2.04. The number of methoxy groups -OCH3 is 1. The van der Waals surface area contributed by atoms with Gasteiger partial charge in [0.15, 0.2) is 0 Å². The maximum Gasteiger partial charge on any atom is 0.330 e. The first-order valence-corrected chi connectivity index (χ1v) is 6.75. The van der Waals surface area contributed by atoms with Gasteiger partial charge in [-0.2, -0.15) is 0 Å². The SMILES string of the molecule is CCCCCCOC(=O)/C=C/c1ccccc1OC. The molecule has 0 saturated carbocycles. The summed E-state index contributed by atoms with van der Waals surface area (Å²) in [4.78, 5) is 11.5. The summed E-state index contributed by atoms with van der Waals surface area (Å²) in [5, 5.41) is 0. The third kappa shape index (κ3) is 6.09. The van der Waals surface area contributed by atoms with E-state index in [4.69, 9.17) is 9.47 Å². The summed E-state index contributed by atoms with van der Waals surface area (Å²) >= 11 is 0. The summed E-state index contributed by atoms with van der Waals surface area (Å²) in [6.45, 7) is 2.65. The van der Waals surface area contributed by atoms with E-state index in [1.807, 2.05) is 24.3 Å². The normalized spacial score (nSPS) is 10.6. The van der Waals surface area contributed by atoms with E-state index in [1.165, 1.54) is 18.9 Å². The number of carbonyl (C=O) groups is 1. The van der Waals surface area contributed by atoms with Gasteiger partial charge >= 0.3 is 5.97 Å². The second-order valence-corrected chi connectivity index (χ2v) is 4.30. The third-order valence-corrected chi connectivity index (χ3v) is 2.78. The molecule has 0 atom stereocenters. The van der Waals surface area contributed by atoms with Crippen molar-refractivity contribution >= 4 is 12.0 Å². The lowest BCUT2D eigenvalue weighted by atomic mass is 10.2. The van der Waals surface area contributed by atoms with Crippen LogP contribution in [0.15, 0.2) is 30.3 Å². The Bertz CT molecular complexity index is 410. The average molecular weight is 262 g/mol. The summed E-state index contributed by atoms with van der Waals surface area (Å²) < 4.78 is 10.3. The largest absolute Gasteiger partial charge is 0.496 e. The molecule has 104 valence electrons. The van der Waals surface area contributed by atoms with E-state index in [0.717, 1.165) is 24.2 Å². The minimum atomic E-state index is -0.303. The second kappa shape index (κ2) is 9.20. The molecule has 19 heavy (non-hydrogen) atoms. The number of esters is 1. The first-order chi connectivity index (χ1) is 9.27. The zero-order chi connectivity index (χ0) is 13.9. The molecule has 0 aliphatic rings. The highest BCUT2D eigenvalue weighted by Crippen LogP contribution is 2.18. The number of para-hydroxylation sites is 1. The van der Waals surface area contributed by atoms with Gasteiger partial charge in [0.2, 0.25) is 0 Å². The molecule has 0 N–H and O–H groups in total. The van der Waals surface area contributed by atoms with Gasteiger partial charge in [-0.05, 0) is 18.6 Å². The van der Waals surface area contributed by atoms with Crippen LogP contribution >= 0.6 is 0 Å². The van der Waals surface area contributed by atoms with Crippen molar-refractivity contribution in [3.63, 3.8) is 0 Å². The Labute approximate surface area is 115 Å². The fourth-order valence-electron chi connectivity index (χ4n) is 1.71. The number of carbonyl (C=O) groups excluding carboxylic acids is 1. The van der Waals surface area contributed by atoms with Crippen LogP contribution in [0, 0.1) is 0 Å². The predicted molar refractivity (Wildman–Crippen MR) is 77.1 cm³/mol. The molecule has 0 spiro atoms. The molecule has 0 radical (unpaired) electrons. The highest BCUT2D eigenvalue weighted by molar-refractivity contribution is 5.87. The van der Waals surface area contributed by atoms with Crippen LogP contribution in [0.4, 0.5) is 0 Å². The number of unbranched alkanes of at least 4 members (excludes halogenated alkanes) is 3.